The molecule has 26 heteroatoms. The van der Waals surface area contributed by atoms with Gasteiger partial charge >= 0.3 is 30.0 Å². The molecule has 1 N–H and O–H groups in total. The van der Waals surface area contributed by atoms with Crippen molar-refractivity contribution in [2.45, 2.75) is 163 Å². The van der Waals surface area contributed by atoms with E-state index in [4.69, 9.17) is 90.0 Å². The Kier molecular flexibility index (Phi) is 29.7. The van der Waals surface area contributed by atoms with Gasteiger partial charge in [0, 0.05) is 36.1 Å². The average Bonchev–Trinajstić information content (AvgIpc) is 0.750. The highest BCUT2D eigenvalue weighted by Crippen LogP contribution is 2.45. The Morgan fingerprint density at radius 2 is 0.688 bits per heavy atom. The summed E-state index contributed by atoms with van der Waals surface area (Å²) in [5.41, 5.74) is 5.18. The third kappa shape index (κ3) is 22.2. The van der Waals surface area contributed by atoms with Crippen molar-refractivity contribution in [1.29, 1.82) is 0 Å². The van der Waals surface area contributed by atoms with Gasteiger partial charge in [0.05, 0.1) is 80.7 Å². The number of hydrogen-bond acceptors (Lipinski definition) is 25. The number of aliphatic hydroxyl groups is 1. The summed E-state index contributed by atoms with van der Waals surface area (Å²) in [5, 5.41) is 12.8. The quantitative estimate of drug-likeness (QED) is 0.0303. The molecule has 10 aromatic carbocycles. The van der Waals surface area contributed by atoms with E-state index >= 15 is 9.59 Å². The monoisotopic (exact) mass is 1700 g/mol. The summed E-state index contributed by atoms with van der Waals surface area (Å²) in [7, 11) is 0. The second-order valence-corrected chi connectivity index (χ2v) is 31.3. The number of aliphatic hydroxyl groups excluding tert-OH is 1. The van der Waals surface area contributed by atoms with Gasteiger partial charge in [0.2, 0.25) is 0 Å². The fraction of sp³-hybridized carbons (Fsp3) is 0.343. The van der Waals surface area contributed by atoms with Crippen LogP contribution in [0.2, 0.25) is 0 Å². The maximum Gasteiger partial charge on any atom is 0.410 e. The molecule has 6 saturated heterocycles. The van der Waals surface area contributed by atoms with Gasteiger partial charge in [-0.15, -0.1) is 0 Å². The standard InChI is InChI=1S/C99H99NO25/c1-63-80(75(59-107-56-66-35-15-4-16-36-66)113-95(82(63)117-89(102)69-41-21-7-22-42-69)109-54-53-100(55-65-33-13-3-14-34-65)99(106)112-58-68-39-19-6-20-40-68)122-98-88(120-92(105)72-47-27-10-28-48-72)87(85-78(116-98)62-111-94(124-85)74-51-31-12-32-52-74)125-96-83(118-90(103)70-43-23-8-24-44-70)64(2)81(76(114-96)60-108-57-67-37-17-5-18-38-67)121-97-86(119-91(104)71-45-25-9-26-46-71)79(101)84-77(115-97)61-110-93(123-84)73-49-29-11-30-50-73/h3-52,63-64,75-88,93-98,101H,53-62H2,1-2H3. The minimum atomic E-state index is -1.72. The molecule has 6 aliphatic heterocycles. The normalized spacial score (nSPS) is 28.2. The lowest BCUT2D eigenvalue weighted by Crippen LogP contribution is -2.68. The topological polar surface area (TPSA) is 284 Å². The number of hydrogen-bond donors (Lipinski definition) is 1. The van der Waals surface area contributed by atoms with E-state index in [-0.39, 0.29) is 88.2 Å². The van der Waals surface area contributed by atoms with E-state index in [0.29, 0.717) is 11.1 Å². The number of carbonyl (C=O) groups excluding carboxylic acids is 5. The van der Waals surface area contributed by atoms with Crippen LogP contribution in [0.1, 0.15) is 101 Å². The third-order valence-electron chi connectivity index (χ3n) is 22.7. The van der Waals surface area contributed by atoms with Crippen molar-refractivity contribution >= 4 is 30.0 Å². The van der Waals surface area contributed by atoms with E-state index in [0.717, 1.165) is 22.3 Å². The summed E-state index contributed by atoms with van der Waals surface area (Å²) >= 11 is 0. The first-order chi connectivity index (χ1) is 61.3. The SMILES string of the molecule is CC1C(OC2OC3COC(c4ccccc4)OC3C(O)C2OC(=O)c2ccccc2)C(COCc2ccccc2)OC(OC2C3OC(c4ccccc4)OCC3OC(OC3C(COCc4ccccc4)OC(OCCN(Cc4ccccc4)C(=O)OCc4ccccc4)C(OC(=O)c4ccccc4)C3C)C2OC(=O)c2ccccc2)C1OC(=O)c1ccccc1. The lowest BCUT2D eigenvalue weighted by Gasteiger charge is -2.53. The summed E-state index contributed by atoms with van der Waals surface area (Å²) < 4.78 is 130. The van der Waals surface area contributed by atoms with E-state index in [1.165, 1.54) is 4.90 Å². The number of ether oxygens (including phenoxy) is 19. The van der Waals surface area contributed by atoms with Crippen molar-refractivity contribution in [3.8, 4) is 0 Å². The summed E-state index contributed by atoms with van der Waals surface area (Å²) in [6.07, 6.45) is -27.9. The third-order valence-corrected chi connectivity index (χ3v) is 22.7. The van der Waals surface area contributed by atoms with E-state index in [9.17, 15) is 19.5 Å². The molecule has 22 atom stereocenters. The zero-order valence-electron chi connectivity index (χ0n) is 68.8. The maximum absolute atomic E-state index is 15.5. The fourth-order valence-electron chi connectivity index (χ4n) is 16.1. The van der Waals surface area contributed by atoms with Gasteiger partial charge in [-0.25, -0.2) is 24.0 Å². The molecule has 0 saturated carbocycles. The van der Waals surface area contributed by atoms with Gasteiger partial charge < -0.3 is 100 Å². The van der Waals surface area contributed by atoms with Crippen molar-refractivity contribution in [1.82, 2.24) is 4.90 Å². The van der Waals surface area contributed by atoms with E-state index < -0.39 is 165 Å². The molecule has 0 aliphatic carbocycles. The van der Waals surface area contributed by atoms with E-state index in [2.05, 4.69) is 0 Å². The van der Waals surface area contributed by atoms with Crippen LogP contribution in [-0.2, 0) is 116 Å². The second kappa shape index (κ2) is 42.6. The Morgan fingerprint density at radius 3 is 1.13 bits per heavy atom. The molecule has 6 heterocycles. The van der Waals surface area contributed by atoms with Crippen molar-refractivity contribution in [3.63, 3.8) is 0 Å². The molecule has 6 fully saturated rings. The van der Waals surface area contributed by atoms with Gasteiger partial charge in [-0.2, -0.15) is 0 Å². The molecule has 0 radical (unpaired) electrons. The summed E-state index contributed by atoms with van der Waals surface area (Å²) in [5.74, 6) is -5.21. The molecule has 0 bridgehead atoms. The molecular formula is C99H99NO25. The second-order valence-electron chi connectivity index (χ2n) is 31.3. The van der Waals surface area contributed by atoms with Crippen LogP contribution in [0.25, 0.3) is 0 Å². The molecule has 0 aromatic heterocycles. The lowest BCUT2D eigenvalue weighted by atomic mass is 9.89. The van der Waals surface area contributed by atoms with E-state index in [1.54, 1.807) is 135 Å². The van der Waals surface area contributed by atoms with Gasteiger partial charge in [-0.05, 0) is 70.8 Å². The Balaban J connectivity index is 0.772. The first-order valence-electron chi connectivity index (χ1n) is 42.1. The predicted octanol–water partition coefficient (Wildman–Crippen LogP) is 14.1. The van der Waals surface area contributed by atoms with Gasteiger partial charge in [0.1, 0.15) is 55.4 Å². The van der Waals surface area contributed by atoms with Crippen LogP contribution in [0.4, 0.5) is 4.79 Å². The molecule has 16 rings (SSSR count). The molecule has 22 unspecified atom stereocenters. The fourth-order valence-corrected chi connectivity index (χ4v) is 16.1. The average molecular weight is 1700 g/mol. The van der Waals surface area contributed by atoms with Crippen LogP contribution in [0, 0.1) is 11.8 Å². The molecule has 650 valence electrons. The highest BCUT2D eigenvalue weighted by Gasteiger charge is 2.61. The Bertz CT molecular complexity index is 5030. The zero-order chi connectivity index (χ0) is 85.8. The van der Waals surface area contributed by atoms with Crippen molar-refractivity contribution in [2.75, 3.05) is 39.6 Å². The molecular weight excluding hydrogens is 1600 g/mol. The molecule has 10 aromatic rings. The minimum absolute atomic E-state index is 0.00589. The van der Waals surface area contributed by atoms with Crippen molar-refractivity contribution < 1.29 is 119 Å². The van der Waals surface area contributed by atoms with Gasteiger partial charge in [0.25, 0.3) is 0 Å². The van der Waals surface area contributed by atoms with Crippen LogP contribution in [0.3, 0.4) is 0 Å². The Hall–Kier alpha value is -11.3. The first-order valence-corrected chi connectivity index (χ1v) is 42.1. The van der Waals surface area contributed by atoms with Crippen molar-refractivity contribution in [3.05, 3.63) is 359 Å². The zero-order valence-corrected chi connectivity index (χ0v) is 68.8. The van der Waals surface area contributed by atoms with Gasteiger partial charge in [-0.3, -0.25) is 0 Å². The van der Waals surface area contributed by atoms with E-state index in [1.807, 2.05) is 182 Å². The number of esters is 4. The number of fused-ring (bicyclic) bond motifs is 2. The smallest absolute Gasteiger partial charge is 0.410 e. The number of rotatable bonds is 32. The Labute approximate surface area is 724 Å². The van der Waals surface area contributed by atoms with Crippen LogP contribution >= 0.6 is 0 Å². The molecule has 6 aliphatic rings. The van der Waals surface area contributed by atoms with Crippen LogP contribution in [0.15, 0.2) is 303 Å². The molecule has 26 nitrogen and oxygen atoms in total. The van der Waals surface area contributed by atoms with Gasteiger partial charge in [-0.1, -0.05) is 269 Å². The van der Waals surface area contributed by atoms with Gasteiger partial charge in [0.15, 0.2) is 62.2 Å². The first kappa shape index (κ1) is 87.2. The summed E-state index contributed by atoms with van der Waals surface area (Å²) in [6, 6.07) is 89.3. The number of benzene rings is 10. The maximum atomic E-state index is 15.5. The van der Waals surface area contributed by atoms with Crippen molar-refractivity contribution in [2.24, 2.45) is 11.8 Å². The largest absolute Gasteiger partial charge is 0.453 e. The minimum Gasteiger partial charge on any atom is -0.453 e. The molecule has 1 amide bonds. The number of amides is 1. The van der Waals surface area contributed by atoms with Crippen LogP contribution in [0.5, 0.6) is 0 Å². The molecule has 125 heavy (non-hydrogen) atoms. The highest BCUT2D eigenvalue weighted by atomic mass is 16.8. The summed E-state index contributed by atoms with van der Waals surface area (Å²) in [4.78, 5) is 75.7. The van der Waals surface area contributed by atoms with Crippen LogP contribution in [-0.4, -0.2) is 190 Å². The summed E-state index contributed by atoms with van der Waals surface area (Å²) in [6.45, 7) is 2.96. The highest BCUT2D eigenvalue weighted by molar-refractivity contribution is 5.91. The predicted molar refractivity (Wildman–Crippen MR) is 448 cm³/mol. The lowest BCUT2D eigenvalue weighted by molar-refractivity contribution is -0.408. The molecule has 0 spiro atoms. The van der Waals surface area contributed by atoms with Crippen LogP contribution < -0.4 is 0 Å². The number of nitrogens with zero attached hydrogens (tertiary/aromatic N) is 1. The Morgan fingerprint density at radius 1 is 0.352 bits per heavy atom. The number of carbonyl (C=O) groups is 5.